The van der Waals surface area contributed by atoms with E-state index in [1.807, 2.05) is 13.8 Å². The molecule has 0 aromatic carbocycles. The molecule has 0 aliphatic rings. The summed E-state index contributed by atoms with van der Waals surface area (Å²) < 4.78 is 5.26. The number of unbranched alkanes of at least 4 members (excludes halogenated alkanes) is 1. The number of allylic oxidation sites excluding steroid dienone is 1. The Morgan fingerprint density at radius 3 is 2.47 bits per heavy atom. The lowest BCUT2D eigenvalue weighted by atomic mass is 9.93. The van der Waals surface area contributed by atoms with Crippen molar-refractivity contribution in [1.29, 1.82) is 0 Å². The molecule has 0 saturated heterocycles. The quantitative estimate of drug-likeness (QED) is 0.438. The van der Waals surface area contributed by atoms with Gasteiger partial charge in [-0.25, -0.2) is 4.79 Å². The first kappa shape index (κ1) is 16.2. The van der Waals surface area contributed by atoms with E-state index in [-0.39, 0.29) is 12.1 Å². The number of ether oxygens (including phenoxy) is 1. The Morgan fingerprint density at radius 1 is 1.24 bits per heavy atom. The van der Waals surface area contributed by atoms with Gasteiger partial charge in [-0.2, -0.15) is 0 Å². The lowest BCUT2D eigenvalue weighted by Gasteiger charge is -2.17. The van der Waals surface area contributed by atoms with Crippen molar-refractivity contribution in [3.05, 3.63) is 12.2 Å². The van der Waals surface area contributed by atoms with Crippen LogP contribution in [0.1, 0.15) is 66.2 Å². The first-order valence-electron chi connectivity index (χ1n) is 6.97. The van der Waals surface area contributed by atoms with Crippen molar-refractivity contribution in [3.63, 3.8) is 0 Å². The maximum atomic E-state index is 11.2. The van der Waals surface area contributed by atoms with E-state index in [1.165, 1.54) is 38.2 Å². The maximum absolute atomic E-state index is 11.2. The molecule has 0 aromatic rings. The predicted molar refractivity (Wildman–Crippen MR) is 72.9 cm³/mol. The van der Waals surface area contributed by atoms with Gasteiger partial charge in [-0.15, -0.1) is 0 Å². The van der Waals surface area contributed by atoms with Crippen LogP contribution < -0.4 is 0 Å². The summed E-state index contributed by atoms with van der Waals surface area (Å²) in [4.78, 5) is 11.2. The van der Waals surface area contributed by atoms with Gasteiger partial charge in [0, 0.05) is 6.08 Å². The molecule has 2 atom stereocenters. The fraction of sp³-hybridized carbons (Fsp3) is 0.800. The summed E-state index contributed by atoms with van der Waals surface area (Å²) in [5, 5.41) is 0. The molecule has 0 aliphatic carbocycles. The predicted octanol–water partition coefficient (Wildman–Crippen LogP) is 4.49. The summed E-state index contributed by atoms with van der Waals surface area (Å²) in [7, 11) is 0. The monoisotopic (exact) mass is 240 g/mol. The van der Waals surface area contributed by atoms with E-state index >= 15 is 0 Å². The minimum absolute atomic E-state index is 0.0365. The molecular weight excluding hydrogens is 212 g/mol. The summed E-state index contributed by atoms with van der Waals surface area (Å²) in [5.74, 6) is 0.569. The van der Waals surface area contributed by atoms with E-state index in [9.17, 15) is 4.79 Å². The van der Waals surface area contributed by atoms with Crippen molar-refractivity contribution in [2.45, 2.75) is 72.3 Å². The number of esters is 1. The molecule has 0 heterocycles. The van der Waals surface area contributed by atoms with Crippen LogP contribution in [0.2, 0.25) is 0 Å². The van der Waals surface area contributed by atoms with Crippen LogP contribution in [0, 0.1) is 5.92 Å². The molecule has 2 nitrogen and oxygen atoms in total. The molecule has 0 radical (unpaired) electrons. The Hall–Kier alpha value is -0.790. The van der Waals surface area contributed by atoms with Gasteiger partial charge in [0.1, 0.15) is 0 Å². The summed E-state index contributed by atoms with van der Waals surface area (Å²) >= 11 is 0. The van der Waals surface area contributed by atoms with Gasteiger partial charge in [0.2, 0.25) is 0 Å². The topological polar surface area (TPSA) is 26.3 Å². The van der Waals surface area contributed by atoms with Crippen LogP contribution in [0.4, 0.5) is 0 Å². The third kappa shape index (κ3) is 8.96. The van der Waals surface area contributed by atoms with Crippen LogP contribution in [0.5, 0.6) is 0 Å². The molecule has 0 N–H and O–H groups in total. The number of carbonyl (C=O) groups is 1. The summed E-state index contributed by atoms with van der Waals surface area (Å²) in [6.45, 7) is 8.28. The minimum Gasteiger partial charge on any atom is -0.460 e. The van der Waals surface area contributed by atoms with Crippen LogP contribution in [0.25, 0.3) is 0 Å². The number of hydrogen-bond donors (Lipinski definition) is 0. The Kier molecular flexibility index (Phi) is 9.89. The Morgan fingerprint density at radius 2 is 1.94 bits per heavy atom. The van der Waals surface area contributed by atoms with Gasteiger partial charge in [-0.3, -0.25) is 0 Å². The van der Waals surface area contributed by atoms with E-state index in [0.29, 0.717) is 0 Å². The smallest absolute Gasteiger partial charge is 0.330 e. The van der Waals surface area contributed by atoms with Crippen LogP contribution in [0.15, 0.2) is 12.2 Å². The largest absolute Gasteiger partial charge is 0.460 e. The second kappa shape index (κ2) is 10.4. The SMILES string of the molecule is C/C=C\C(=O)O[C@H](C)CC[C@H](CC)CCCC. The highest BCUT2D eigenvalue weighted by Gasteiger charge is 2.11. The van der Waals surface area contributed by atoms with Gasteiger partial charge in [0.15, 0.2) is 0 Å². The molecule has 0 aliphatic heterocycles. The molecule has 0 amide bonds. The fourth-order valence-corrected chi connectivity index (χ4v) is 1.95. The van der Waals surface area contributed by atoms with Crippen molar-refractivity contribution in [2.75, 3.05) is 0 Å². The molecular formula is C15H28O2. The van der Waals surface area contributed by atoms with Gasteiger partial charge < -0.3 is 4.74 Å². The molecule has 17 heavy (non-hydrogen) atoms. The molecule has 0 saturated carbocycles. The molecule has 0 spiro atoms. The molecule has 2 heteroatoms. The highest BCUT2D eigenvalue weighted by atomic mass is 16.5. The lowest BCUT2D eigenvalue weighted by Crippen LogP contribution is -2.14. The van der Waals surface area contributed by atoms with Crippen molar-refractivity contribution in [3.8, 4) is 0 Å². The average molecular weight is 240 g/mol. The van der Waals surface area contributed by atoms with Crippen molar-refractivity contribution < 1.29 is 9.53 Å². The third-order valence-corrected chi connectivity index (χ3v) is 3.14. The second-order valence-electron chi connectivity index (χ2n) is 4.74. The molecule has 0 unspecified atom stereocenters. The van der Waals surface area contributed by atoms with Gasteiger partial charge in [-0.1, -0.05) is 45.6 Å². The highest BCUT2D eigenvalue weighted by molar-refractivity contribution is 5.81. The normalized spacial score (nSPS) is 14.8. The van der Waals surface area contributed by atoms with Crippen molar-refractivity contribution in [1.82, 2.24) is 0 Å². The molecule has 100 valence electrons. The van der Waals surface area contributed by atoms with Crippen molar-refractivity contribution in [2.24, 2.45) is 5.92 Å². The Bertz CT molecular complexity index is 221. The summed E-state index contributed by atoms with van der Waals surface area (Å²) in [5.41, 5.74) is 0. The van der Waals surface area contributed by atoms with Gasteiger partial charge in [0.05, 0.1) is 6.10 Å². The van der Waals surface area contributed by atoms with Crippen LogP contribution in [-0.4, -0.2) is 12.1 Å². The lowest BCUT2D eigenvalue weighted by molar-refractivity contribution is -0.142. The zero-order valence-corrected chi connectivity index (χ0v) is 11.9. The van der Waals surface area contributed by atoms with Gasteiger partial charge in [-0.05, 0) is 32.6 Å². The molecule has 0 rings (SSSR count). The summed E-state index contributed by atoms with van der Waals surface area (Å²) in [6, 6.07) is 0. The van der Waals surface area contributed by atoms with Crippen LogP contribution in [-0.2, 0) is 9.53 Å². The first-order chi connectivity index (χ1) is 8.13. The fourth-order valence-electron chi connectivity index (χ4n) is 1.95. The van der Waals surface area contributed by atoms with E-state index in [4.69, 9.17) is 4.74 Å². The van der Waals surface area contributed by atoms with E-state index < -0.39 is 0 Å². The molecule has 0 fully saturated rings. The number of carbonyl (C=O) groups excluding carboxylic acids is 1. The first-order valence-corrected chi connectivity index (χ1v) is 6.97. The zero-order valence-electron chi connectivity index (χ0n) is 11.9. The minimum atomic E-state index is -0.221. The summed E-state index contributed by atoms with van der Waals surface area (Å²) in [6.07, 6.45) is 10.5. The Balaban J connectivity index is 3.79. The number of hydrogen-bond acceptors (Lipinski definition) is 2. The van der Waals surface area contributed by atoms with E-state index in [2.05, 4.69) is 13.8 Å². The van der Waals surface area contributed by atoms with Crippen LogP contribution in [0.3, 0.4) is 0 Å². The Labute approximate surface area is 106 Å². The standard InChI is InChI=1S/C15H28O2/c1-5-8-10-14(7-3)12-11-13(4)17-15(16)9-6-2/h6,9,13-14H,5,7-8,10-12H2,1-4H3/b9-6-/t13-,14-/m1/s1. The third-order valence-electron chi connectivity index (χ3n) is 3.14. The molecule has 0 aromatic heterocycles. The second-order valence-corrected chi connectivity index (χ2v) is 4.74. The average Bonchev–Trinajstić information content (AvgIpc) is 2.29. The number of rotatable bonds is 9. The highest BCUT2D eigenvalue weighted by Crippen LogP contribution is 2.20. The van der Waals surface area contributed by atoms with E-state index in [0.717, 1.165) is 12.3 Å². The van der Waals surface area contributed by atoms with E-state index in [1.54, 1.807) is 6.08 Å². The van der Waals surface area contributed by atoms with Gasteiger partial charge in [0.25, 0.3) is 0 Å². The molecule has 0 bridgehead atoms. The maximum Gasteiger partial charge on any atom is 0.330 e. The van der Waals surface area contributed by atoms with Crippen molar-refractivity contribution >= 4 is 5.97 Å². The van der Waals surface area contributed by atoms with Gasteiger partial charge >= 0.3 is 5.97 Å². The zero-order chi connectivity index (χ0) is 13.1. The van der Waals surface area contributed by atoms with Crippen LogP contribution >= 0.6 is 0 Å².